The summed E-state index contributed by atoms with van der Waals surface area (Å²) in [5.74, 6) is 0.0957. The molecule has 0 spiro atoms. The normalized spacial score (nSPS) is 18.9. The van der Waals surface area contributed by atoms with E-state index < -0.39 is 15.8 Å². The molecule has 2 aromatic rings. The molecule has 1 aliphatic heterocycles. The molecule has 1 aromatic carbocycles. The molecule has 0 amide bonds. The fourth-order valence-corrected chi connectivity index (χ4v) is 4.23. The van der Waals surface area contributed by atoms with Crippen LogP contribution in [0.15, 0.2) is 30.6 Å². The first-order valence-corrected chi connectivity index (χ1v) is 10.3. The van der Waals surface area contributed by atoms with Crippen LogP contribution in [0, 0.1) is 11.7 Å². The highest BCUT2D eigenvalue weighted by Crippen LogP contribution is 2.33. The molecule has 0 aliphatic carbocycles. The van der Waals surface area contributed by atoms with Crippen molar-refractivity contribution in [1.29, 1.82) is 0 Å². The zero-order valence-corrected chi connectivity index (χ0v) is 17.2. The number of rotatable bonds is 6. The summed E-state index contributed by atoms with van der Waals surface area (Å²) in [6.07, 6.45) is 3.43. The Bertz CT molecular complexity index is 931. The number of sulfonamides is 1. The molecule has 2 atom stereocenters. The van der Waals surface area contributed by atoms with Crippen LogP contribution < -0.4 is 4.74 Å². The molecule has 0 radical (unpaired) electrons. The second-order valence-electron chi connectivity index (χ2n) is 6.54. The molecular weight excluding hydrogens is 405 g/mol. The van der Waals surface area contributed by atoms with Gasteiger partial charge in [0, 0.05) is 38.0 Å². The molecule has 29 heavy (non-hydrogen) atoms. The SMILES string of the molecule is COc1cc(-c2nccn2[C@@H]2COC[C@@H]2CS(=O)(=O)N(C)C)ccc1F.O=CO. The molecule has 160 valence electrons. The van der Waals surface area contributed by atoms with E-state index in [4.69, 9.17) is 19.4 Å². The molecule has 1 N–H and O–H groups in total. The number of halogens is 1. The number of nitrogens with zero attached hydrogens (tertiary/aromatic N) is 3. The quantitative estimate of drug-likeness (QED) is 0.693. The smallest absolute Gasteiger partial charge is 0.290 e. The largest absolute Gasteiger partial charge is 0.494 e. The monoisotopic (exact) mass is 429 g/mol. The number of aromatic nitrogens is 2. The van der Waals surface area contributed by atoms with Gasteiger partial charge in [0.25, 0.3) is 6.47 Å². The van der Waals surface area contributed by atoms with Crippen molar-refractivity contribution >= 4 is 16.5 Å². The van der Waals surface area contributed by atoms with Gasteiger partial charge in [0.2, 0.25) is 10.0 Å². The minimum atomic E-state index is -3.35. The van der Waals surface area contributed by atoms with E-state index in [1.807, 2.05) is 4.57 Å². The lowest BCUT2D eigenvalue weighted by Gasteiger charge is -2.22. The molecule has 0 unspecified atom stereocenters. The molecular formula is C18H24FN3O6S. The maximum atomic E-state index is 13.7. The van der Waals surface area contributed by atoms with Crippen molar-refractivity contribution in [3.8, 4) is 17.1 Å². The average Bonchev–Trinajstić information content (AvgIpc) is 3.31. The summed E-state index contributed by atoms with van der Waals surface area (Å²) in [5, 5.41) is 6.89. The van der Waals surface area contributed by atoms with Crippen LogP contribution in [-0.4, -0.2) is 74.0 Å². The minimum absolute atomic E-state index is 0.00493. The standard InChI is InChI=1S/C17H22FN3O4S.CH2O2/c1-20(2)26(22,23)11-13-9-25-10-15(13)21-7-6-19-17(21)12-4-5-14(18)16(8-12)24-3;2-1-3/h4-8,13,15H,9-11H2,1-3H3;1H,(H,2,3)/t13-,15-;/m1./s1. The number of benzene rings is 1. The summed E-state index contributed by atoms with van der Waals surface area (Å²) in [4.78, 5) is 12.7. The van der Waals surface area contributed by atoms with Crippen molar-refractivity contribution in [3.05, 3.63) is 36.4 Å². The molecule has 11 heteroatoms. The van der Waals surface area contributed by atoms with Crippen molar-refractivity contribution < 1.29 is 32.2 Å². The fraction of sp³-hybridized carbons (Fsp3) is 0.444. The van der Waals surface area contributed by atoms with E-state index in [9.17, 15) is 12.8 Å². The van der Waals surface area contributed by atoms with Crippen molar-refractivity contribution in [3.63, 3.8) is 0 Å². The molecule has 9 nitrogen and oxygen atoms in total. The van der Waals surface area contributed by atoms with Gasteiger partial charge in [-0.1, -0.05) is 0 Å². The van der Waals surface area contributed by atoms with Gasteiger partial charge in [-0.15, -0.1) is 0 Å². The fourth-order valence-electron chi connectivity index (χ4n) is 3.08. The summed E-state index contributed by atoms with van der Waals surface area (Å²) in [5.41, 5.74) is 0.689. The highest BCUT2D eigenvalue weighted by molar-refractivity contribution is 7.89. The summed E-state index contributed by atoms with van der Waals surface area (Å²) >= 11 is 0. The van der Waals surface area contributed by atoms with Crippen LogP contribution in [0.25, 0.3) is 11.4 Å². The number of imidazole rings is 1. The third-order valence-electron chi connectivity index (χ3n) is 4.58. The van der Waals surface area contributed by atoms with Crippen LogP contribution in [0.5, 0.6) is 5.75 Å². The van der Waals surface area contributed by atoms with Crippen LogP contribution >= 0.6 is 0 Å². The Kier molecular flexibility index (Phi) is 7.71. The van der Waals surface area contributed by atoms with Gasteiger partial charge in [0.05, 0.1) is 32.1 Å². The topological polar surface area (TPSA) is 111 Å². The van der Waals surface area contributed by atoms with Gasteiger partial charge in [0.15, 0.2) is 11.6 Å². The van der Waals surface area contributed by atoms with Crippen LogP contribution in [0.1, 0.15) is 6.04 Å². The Morgan fingerprint density at radius 2 is 2.10 bits per heavy atom. The van der Waals surface area contributed by atoms with Gasteiger partial charge in [0.1, 0.15) is 5.82 Å². The van der Waals surface area contributed by atoms with Crippen molar-refractivity contribution in [1.82, 2.24) is 13.9 Å². The Balaban J connectivity index is 0.000000941. The third kappa shape index (κ3) is 5.31. The number of methoxy groups -OCH3 is 1. The second kappa shape index (κ2) is 9.81. The van der Waals surface area contributed by atoms with Crippen molar-refractivity contribution in [2.75, 3.05) is 40.2 Å². The Morgan fingerprint density at radius 1 is 1.41 bits per heavy atom. The van der Waals surface area contributed by atoms with Gasteiger partial charge in [-0.2, -0.15) is 0 Å². The predicted octanol–water partition coefficient (Wildman–Crippen LogP) is 1.48. The van der Waals surface area contributed by atoms with Gasteiger partial charge < -0.3 is 19.1 Å². The van der Waals surface area contributed by atoms with E-state index >= 15 is 0 Å². The zero-order valence-electron chi connectivity index (χ0n) is 16.4. The number of hydrogen-bond acceptors (Lipinski definition) is 6. The first-order chi connectivity index (χ1) is 13.7. The summed E-state index contributed by atoms with van der Waals surface area (Å²) in [7, 11) is 1.10. The minimum Gasteiger partial charge on any atom is -0.494 e. The van der Waals surface area contributed by atoms with Crippen LogP contribution in [0.4, 0.5) is 4.39 Å². The van der Waals surface area contributed by atoms with Crippen molar-refractivity contribution in [2.45, 2.75) is 6.04 Å². The number of carbonyl (C=O) groups is 1. The summed E-state index contributed by atoms with van der Waals surface area (Å²) < 4.78 is 51.9. The third-order valence-corrected chi connectivity index (χ3v) is 6.54. The van der Waals surface area contributed by atoms with E-state index in [1.54, 1.807) is 24.5 Å². The molecule has 0 bridgehead atoms. The van der Waals surface area contributed by atoms with E-state index in [0.717, 1.165) is 0 Å². The van der Waals surface area contributed by atoms with Gasteiger partial charge in [-0.3, -0.25) is 4.79 Å². The molecule has 2 heterocycles. The van der Waals surface area contributed by atoms with Crippen LogP contribution in [-0.2, 0) is 19.6 Å². The molecule has 1 saturated heterocycles. The second-order valence-corrected chi connectivity index (χ2v) is 8.77. The number of ether oxygens (including phenoxy) is 2. The van der Waals surface area contributed by atoms with E-state index in [0.29, 0.717) is 24.6 Å². The summed E-state index contributed by atoms with van der Waals surface area (Å²) in [6.45, 7) is 0.511. The lowest BCUT2D eigenvalue weighted by atomic mass is 10.1. The number of carboxylic acid groups (broad SMARTS) is 1. The summed E-state index contributed by atoms with van der Waals surface area (Å²) in [6, 6.07) is 4.36. The maximum Gasteiger partial charge on any atom is 0.290 e. The highest BCUT2D eigenvalue weighted by atomic mass is 32.2. The van der Waals surface area contributed by atoms with Crippen LogP contribution in [0.2, 0.25) is 0 Å². The Labute approximate surface area is 168 Å². The highest BCUT2D eigenvalue weighted by Gasteiger charge is 2.35. The van der Waals surface area contributed by atoms with Gasteiger partial charge in [-0.25, -0.2) is 22.1 Å². The average molecular weight is 429 g/mol. The van der Waals surface area contributed by atoms with E-state index in [2.05, 4.69) is 4.98 Å². The lowest BCUT2D eigenvalue weighted by molar-refractivity contribution is -0.122. The number of hydrogen-bond donors (Lipinski definition) is 1. The van der Waals surface area contributed by atoms with Gasteiger partial charge in [-0.05, 0) is 18.2 Å². The van der Waals surface area contributed by atoms with Crippen LogP contribution in [0.3, 0.4) is 0 Å². The Hall–Kier alpha value is -2.50. The van der Waals surface area contributed by atoms with Crippen molar-refractivity contribution in [2.24, 2.45) is 5.92 Å². The first-order valence-electron chi connectivity index (χ1n) is 8.67. The lowest BCUT2D eigenvalue weighted by Crippen LogP contribution is -2.32. The molecule has 1 aliphatic rings. The molecule has 0 saturated carbocycles. The molecule has 3 rings (SSSR count). The van der Waals surface area contributed by atoms with Gasteiger partial charge >= 0.3 is 0 Å². The maximum absolute atomic E-state index is 13.7. The molecule has 1 fully saturated rings. The predicted molar refractivity (Wildman–Crippen MR) is 104 cm³/mol. The van der Waals surface area contributed by atoms with E-state index in [-0.39, 0.29) is 29.9 Å². The zero-order chi connectivity index (χ0) is 21.6. The molecule has 1 aromatic heterocycles. The first kappa shape index (κ1) is 22.8. The van der Waals surface area contributed by atoms with E-state index in [1.165, 1.54) is 31.6 Å². The Morgan fingerprint density at radius 3 is 2.72 bits per heavy atom.